The molecule has 1 aromatic heterocycles. The molecule has 0 aromatic carbocycles. The Morgan fingerprint density at radius 2 is 1.81 bits per heavy atom. The topological polar surface area (TPSA) is 45.9 Å². The predicted octanol–water partition coefficient (Wildman–Crippen LogP) is 4.02. The molecule has 1 aromatic rings. The number of aromatic nitrogens is 1. The van der Waals surface area contributed by atoms with Crippen molar-refractivity contribution in [3.63, 3.8) is 0 Å². The first kappa shape index (κ1) is 18.7. The van der Waals surface area contributed by atoms with E-state index in [4.69, 9.17) is 4.43 Å². The zero-order chi connectivity index (χ0) is 16.5. The third-order valence-electron chi connectivity index (χ3n) is 4.17. The third kappa shape index (κ3) is 5.08. The molecular weight excluding hydrogens is 383 g/mol. The van der Waals surface area contributed by atoms with Crippen LogP contribution in [0.4, 0.5) is 0 Å². The molecule has 3 nitrogen and oxygen atoms in total. The van der Waals surface area contributed by atoms with Crippen molar-refractivity contribution in [2.75, 3.05) is 0 Å². The minimum absolute atomic E-state index is 0.199. The molecule has 0 amide bonds. The molecule has 116 valence electrons. The van der Waals surface area contributed by atoms with Crippen LogP contribution in [0.1, 0.15) is 32.0 Å². The van der Waals surface area contributed by atoms with Gasteiger partial charge in [-0.1, -0.05) is 0 Å². The van der Waals surface area contributed by atoms with E-state index in [-0.39, 0.29) is 5.04 Å². The first-order chi connectivity index (χ1) is 9.37. The summed E-state index contributed by atoms with van der Waals surface area (Å²) in [6.45, 7) is 11.8. The van der Waals surface area contributed by atoms with Crippen molar-refractivity contribution in [1.82, 2.24) is 4.98 Å². The fourth-order valence-corrected chi connectivity index (χ4v) is 5.62. The molecule has 5 heteroatoms. The molecule has 0 N–H and O–H groups in total. The van der Waals surface area contributed by atoms with Crippen molar-refractivity contribution in [2.24, 2.45) is 0 Å². The fourth-order valence-electron chi connectivity index (χ4n) is 1.59. The van der Waals surface area contributed by atoms with E-state index in [1.807, 2.05) is 6.07 Å². The molecule has 0 aliphatic rings. The number of rotatable bonds is 4. The van der Waals surface area contributed by atoms with Crippen LogP contribution in [0, 0.1) is 11.3 Å². The summed E-state index contributed by atoms with van der Waals surface area (Å²) in [7, 11) is -1.76. The Labute approximate surface area is 134 Å². The maximum absolute atomic E-state index is 9.19. The second-order valence-electron chi connectivity index (χ2n) is 8.16. The van der Waals surface area contributed by atoms with E-state index in [9.17, 15) is 5.26 Å². The summed E-state index contributed by atoms with van der Waals surface area (Å²) in [4.78, 5) is 11.5. The molecule has 1 rings (SSSR count). The van der Waals surface area contributed by atoms with Gasteiger partial charge < -0.3 is 0 Å². The summed E-state index contributed by atoms with van der Waals surface area (Å²) in [5.41, 5.74) is 1.61. The SMILES string of the molecule is CC(C)(C)[Si](C)(C)OCc1cc(C#N)n[c]([Sn]([CH3])([CH3])[CH3])c1. The van der Waals surface area contributed by atoms with E-state index in [1.165, 1.54) is 0 Å². The molecule has 0 atom stereocenters. The van der Waals surface area contributed by atoms with E-state index < -0.39 is 26.7 Å². The predicted molar refractivity (Wildman–Crippen MR) is 93.9 cm³/mol. The minimum atomic E-state index is -2.28. The van der Waals surface area contributed by atoms with Crippen LogP contribution in [0.5, 0.6) is 0 Å². The molecular formula is C16H28N2OSiSn. The molecule has 0 spiro atoms. The van der Waals surface area contributed by atoms with Gasteiger partial charge in [0.25, 0.3) is 0 Å². The van der Waals surface area contributed by atoms with Gasteiger partial charge in [-0.2, -0.15) is 0 Å². The third-order valence-corrected chi connectivity index (χ3v) is 13.8. The van der Waals surface area contributed by atoms with Crippen LogP contribution in [0.25, 0.3) is 0 Å². The average Bonchev–Trinajstić information content (AvgIpc) is 2.33. The summed E-state index contributed by atoms with van der Waals surface area (Å²) in [5.74, 6) is 0. The van der Waals surface area contributed by atoms with Crippen LogP contribution in [-0.2, 0) is 11.0 Å². The second kappa shape index (κ2) is 6.39. The van der Waals surface area contributed by atoms with Gasteiger partial charge in [0.1, 0.15) is 0 Å². The number of hydrogen-bond acceptors (Lipinski definition) is 3. The summed E-state index contributed by atoms with van der Waals surface area (Å²) in [6, 6.07) is 6.21. The molecule has 0 fully saturated rings. The van der Waals surface area contributed by atoms with Crippen molar-refractivity contribution in [3.8, 4) is 6.07 Å². The standard InChI is InChI=1S/C13H19N2OSi.3CH3.Sn/c1-13(2,3)17(4,5)16-10-11-6-7-15-12(8-11)9-14;;;;/h6,8H,10H2,1-5H3;3*1H3;. The van der Waals surface area contributed by atoms with Crippen LogP contribution in [0.15, 0.2) is 12.1 Å². The van der Waals surface area contributed by atoms with Crippen molar-refractivity contribution in [2.45, 2.75) is 60.3 Å². The van der Waals surface area contributed by atoms with Crippen LogP contribution >= 0.6 is 0 Å². The first-order valence-electron chi connectivity index (χ1n) is 7.42. The molecule has 0 aliphatic carbocycles. The van der Waals surface area contributed by atoms with E-state index >= 15 is 0 Å². The van der Waals surface area contributed by atoms with Gasteiger partial charge in [0.15, 0.2) is 0 Å². The van der Waals surface area contributed by atoms with Gasteiger partial charge >= 0.3 is 135 Å². The molecule has 0 saturated heterocycles. The number of hydrogen-bond donors (Lipinski definition) is 0. The average molecular weight is 411 g/mol. The van der Waals surface area contributed by atoms with Gasteiger partial charge in [0, 0.05) is 0 Å². The molecule has 0 unspecified atom stereocenters. The molecule has 0 aliphatic heterocycles. The van der Waals surface area contributed by atoms with E-state index in [2.05, 4.69) is 65.8 Å². The number of nitriles is 1. The van der Waals surface area contributed by atoms with E-state index in [1.54, 1.807) is 0 Å². The second-order valence-corrected chi connectivity index (χ2v) is 27.3. The van der Waals surface area contributed by atoms with Gasteiger partial charge in [0.2, 0.25) is 0 Å². The normalized spacial score (nSPS) is 13.1. The van der Waals surface area contributed by atoms with E-state index in [0.717, 1.165) is 9.27 Å². The maximum atomic E-state index is 9.19. The van der Waals surface area contributed by atoms with Crippen molar-refractivity contribution < 1.29 is 4.43 Å². The van der Waals surface area contributed by atoms with Crippen LogP contribution in [-0.4, -0.2) is 31.7 Å². The first-order valence-corrected chi connectivity index (χ1v) is 20.3. The van der Waals surface area contributed by atoms with Crippen molar-refractivity contribution >= 4 is 30.4 Å². The summed E-state index contributed by atoms with van der Waals surface area (Å²) in [5, 5.41) is 9.39. The van der Waals surface area contributed by atoms with Gasteiger partial charge in [-0.25, -0.2) is 0 Å². The van der Waals surface area contributed by atoms with Crippen molar-refractivity contribution in [1.29, 1.82) is 5.26 Å². The fraction of sp³-hybridized carbons (Fsp3) is 0.625. The number of nitrogens with zero attached hydrogens (tertiary/aromatic N) is 2. The molecule has 0 saturated carbocycles. The monoisotopic (exact) mass is 412 g/mol. The quantitative estimate of drug-likeness (QED) is 0.704. The molecule has 0 radical (unpaired) electrons. The number of pyridine rings is 1. The van der Waals surface area contributed by atoms with Crippen molar-refractivity contribution in [3.05, 3.63) is 23.4 Å². The Kier molecular flexibility index (Phi) is 5.68. The van der Waals surface area contributed by atoms with Crippen LogP contribution in [0.2, 0.25) is 33.0 Å². The molecule has 21 heavy (non-hydrogen) atoms. The Morgan fingerprint density at radius 3 is 2.24 bits per heavy atom. The molecule has 1 heterocycles. The van der Waals surface area contributed by atoms with Gasteiger partial charge in [-0.05, 0) is 0 Å². The Balaban J connectivity index is 3.03. The Bertz CT molecular complexity index is 551. The van der Waals surface area contributed by atoms with Crippen LogP contribution < -0.4 is 3.71 Å². The zero-order valence-corrected chi connectivity index (χ0v) is 18.5. The summed E-state index contributed by atoms with van der Waals surface area (Å²) < 4.78 is 7.42. The molecule has 0 bridgehead atoms. The summed E-state index contributed by atoms with van der Waals surface area (Å²) >= 11 is -2.28. The van der Waals surface area contributed by atoms with Crippen LogP contribution in [0.3, 0.4) is 0 Å². The Morgan fingerprint density at radius 1 is 1.24 bits per heavy atom. The van der Waals surface area contributed by atoms with Gasteiger partial charge in [-0.15, -0.1) is 0 Å². The van der Waals surface area contributed by atoms with Gasteiger partial charge in [0.05, 0.1) is 0 Å². The summed E-state index contributed by atoms with van der Waals surface area (Å²) in [6.07, 6.45) is 0. The Hall–Kier alpha value is -0.384. The zero-order valence-electron chi connectivity index (χ0n) is 14.7. The van der Waals surface area contributed by atoms with E-state index in [0.29, 0.717) is 12.3 Å². The van der Waals surface area contributed by atoms with Gasteiger partial charge in [-0.3, -0.25) is 0 Å².